The molecule has 1 aliphatic rings. The number of carbonyl (C=O) groups excluding carboxylic acids is 2. The van der Waals surface area contributed by atoms with E-state index in [1.807, 2.05) is 0 Å². The standard InChI is InChI=1S/C9H11N3O4/c10-7-1-3-12(11-7)5-8(13)16-6-2-4-15-9(6)14/h1,3,6H,2,4-5H2,(H2,10,11). The van der Waals surface area contributed by atoms with E-state index in [0.29, 0.717) is 18.8 Å². The third-order valence-corrected chi connectivity index (χ3v) is 2.11. The number of ether oxygens (including phenoxy) is 2. The first-order valence-electron chi connectivity index (χ1n) is 4.80. The maximum atomic E-state index is 11.4. The van der Waals surface area contributed by atoms with Crippen molar-refractivity contribution in [3.05, 3.63) is 12.3 Å². The summed E-state index contributed by atoms with van der Waals surface area (Å²) in [6.45, 7) is 0.229. The lowest BCUT2D eigenvalue weighted by Crippen LogP contribution is -2.25. The number of nitrogens with two attached hydrogens (primary N) is 1. The van der Waals surface area contributed by atoms with Gasteiger partial charge in [0.15, 0.2) is 0 Å². The Bertz CT molecular complexity index is 415. The van der Waals surface area contributed by atoms with Crippen LogP contribution >= 0.6 is 0 Å². The zero-order valence-electron chi connectivity index (χ0n) is 8.46. The SMILES string of the molecule is Nc1ccn(CC(=O)OC2CCOC2=O)n1. The summed E-state index contributed by atoms with van der Waals surface area (Å²) in [6, 6.07) is 1.57. The van der Waals surface area contributed by atoms with Crippen molar-refractivity contribution in [1.29, 1.82) is 0 Å². The van der Waals surface area contributed by atoms with E-state index >= 15 is 0 Å². The van der Waals surface area contributed by atoms with Gasteiger partial charge < -0.3 is 15.2 Å². The summed E-state index contributed by atoms with van der Waals surface area (Å²) < 4.78 is 10.9. The molecule has 7 heteroatoms. The molecule has 1 saturated heterocycles. The van der Waals surface area contributed by atoms with Gasteiger partial charge in [0.25, 0.3) is 0 Å². The van der Waals surface area contributed by atoms with Gasteiger partial charge in [-0.25, -0.2) is 4.79 Å². The molecule has 0 saturated carbocycles. The monoisotopic (exact) mass is 225 g/mol. The molecule has 86 valence electrons. The van der Waals surface area contributed by atoms with Crippen molar-refractivity contribution in [2.45, 2.75) is 19.1 Å². The molecule has 0 aliphatic carbocycles. The van der Waals surface area contributed by atoms with E-state index in [1.54, 1.807) is 12.3 Å². The van der Waals surface area contributed by atoms with Gasteiger partial charge in [0, 0.05) is 12.6 Å². The predicted octanol–water partition coefficient (Wildman–Crippen LogP) is -0.676. The number of anilines is 1. The molecule has 16 heavy (non-hydrogen) atoms. The van der Waals surface area contributed by atoms with Gasteiger partial charge in [-0.1, -0.05) is 0 Å². The van der Waals surface area contributed by atoms with Gasteiger partial charge >= 0.3 is 11.9 Å². The van der Waals surface area contributed by atoms with Gasteiger partial charge in [0.1, 0.15) is 12.4 Å². The van der Waals surface area contributed by atoms with Gasteiger partial charge in [0.2, 0.25) is 6.10 Å². The molecule has 1 unspecified atom stereocenters. The fourth-order valence-corrected chi connectivity index (χ4v) is 1.38. The summed E-state index contributed by atoms with van der Waals surface area (Å²) in [4.78, 5) is 22.4. The Balaban J connectivity index is 1.86. The largest absolute Gasteiger partial charge is 0.463 e. The first kappa shape index (κ1) is 10.5. The van der Waals surface area contributed by atoms with E-state index in [0.717, 1.165) is 0 Å². The first-order valence-corrected chi connectivity index (χ1v) is 4.80. The van der Waals surface area contributed by atoms with Crippen LogP contribution in [0.4, 0.5) is 5.82 Å². The van der Waals surface area contributed by atoms with Gasteiger partial charge in [-0.3, -0.25) is 9.48 Å². The number of hydrogen-bond acceptors (Lipinski definition) is 6. The molecule has 2 heterocycles. The Morgan fingerprint density at radius 1 is 1.75 bits per heavy atom. The molecule has 0 amide bonds. The number of hydrogen-bond donors (Lipinski definition) is 1. The van der Waals surface area contributed by atoms with E-state index in [9.17, 15) is 9.59 Å². The van der Waals surface area contributed by atoms with Crippen molar-refractivity contribution >= 4 is 17.8 Å². The van der Waals surface area contributed by atoms with Crippen LogP contribution in [0.3, 0.4) is 0 Å². The highest BCUT2D eigenvalue weighted by Crippen LogP contribution is 2.10. The number of nitrogens with zero attached hydrogens (tertiary/aromatic N) is 2. The van der Waals surface area contributed by atoms with Crippen molar-refractivity contribution in [2.24, 2.45) is 0 Å². The molecule has 2 N–H and O–H groups in total. The highest BCUT2D eigenvalue weighted by molar-refractivity contribution is 5.80. The molecular formula is C9H11N3O4. The molecule has 1 fully saturated rings. The molecule has 1 aromatic heterocycles. The average Bonchev–Trinajstić information content (AvgIpc) is 2.77. The lowest BCUT2D eigenvalue weighted by molar-refractivity contribution is -0.160. The summed E-state index contributed by atoms with van der Waals surface area (Å²) in [5.41, 5.74) is 5.38. The van der Waals surface area contributed by atoms with Crippen molar-refractivity contribution in [1.82, 2.24) is 9.78 Å². The molecule has 2 rings (SSSR count). The topological polar surface area (TPSA) is 96.4 Å². The van der Waals surface area contributed by atoms with Crippen LogP contribution in [0.5, 0.6) is 0 Å². The van der Waals surface area contributed by atoms with Gasteiger partial charge in [-0.2, -0.15) is 5.10 Å². The Kier molecular flexibility index (Phi) is 2.76. The van der Waals surface area contributed by atoms with Crippen LogP contribution in [0, 0.1) is 0 Å². The van der Waals surface area contributed by atoms with Crippen molar-refractivity contribution in [2.75, 3.05) is 12.3 Å². The molecule has 1 atom stereocenters. The Morgan fingerprint density at radius 2 is 2.56 bits per heavy atom. The maximum absolute atomic E-state index is 11.4. The Labute approximate surface area is 91.1 Å². The van der Waals surface area contributed by atoms with Crippen LogP contribution in [0.15, 0.2) is 12.3 Å². The number of cyclic esters (lactones) is 1. The number of nitrogen functional groups attached to an aromatic ring is 1. The smallest absolute Gasteiger partial charge is 0.347 e. The van der Waals surface area contributed by atoms with Crippen LogP contribution in [0.2, 0.25) is 0 Å². The molecule has 0 bridgehead atoms. The van der Waals surface area contributed by atoms with E-state index in [-0.39, 0.29) is 6.54 Å². The van der Waals surface area contributed by atoms with Gasteiger partial charge in [-0.05, 0) is 6.07 Å². The fraction of sp³-hybridized carbons (Fsp3) is 0.444. The van der Waals surface area contributed by atoms with Crippen LogP contribution in [-0.4, -0.2) is 34.4 Å². The second-order valence-electron chi connectivity index (χ2n) is 3.37. The van der Waals surface area contributed by atoms with E-state index in [4.69, 9.17) is 10.5 Å². The summed E-state index contributed by atoms with van der Waals surface area (Å²) >= 11 is 0. The minimum absolute atomic E-state index is 0.0685. The number of carbonyl (C=O) groups is 2. The number of rotatable bonds is 3. The molecule has 0 aromatic carbocycles. The summed E-state index contributed by atoms with van der Waals surface area (Å²) in [5, 5.41) is 3.82. The lowest BCUT2D eigenvalue weighted by Gasteiger charge is -2.07. The molecule has 7 nitrogen and oxygen atoms in total. The second-order valence-corrected chi connectivity index (χ2v) is 3.37. The second kappa shape index (κ2) is 4.21. The number of esters is 2. The van der Waals surface area contributed by atoms with E-state index in [1.165, 1.54) is 4.68 Å². The predicted molar refractivity (Wildman–Crippen MR) is 52.1 cm³/mol. The van der Waals surface area contributed by atoms with Crippen molar-refractivity contribution in [3.8, 4) is 0 Å². The van der Waals surface area contributed by atoms with Gasteiger partial charge in [0.05, 0.1) is 6.61 Å². The van der Waals surface area contributed by atoms with Crippen molar-refractivity contribution < 1.29 is 19.1 Å². The van der Waals surface area contributed by atoms with Gasteiger partial charge in [-0.15, -0.1) is 0 Å². The normalized spacial score (nSPS) is 19.5. The first-order chi connectivity index (χ1) is 7.65. The molecule has 1 aromatic rings. The molecule has 1 aliphatic heterocycles. The van der Waals surface area contributed by atoms with E-state index in [2.05, 4.69) is 9.84 Å². The number of aromatic nitrogens is 2. The Morgan fingerprint density at radius 3 is 3.12 bits per heavy atom. The Hall–Kier alpha value is -2.05. The molecular weight excluding hydrogens is 214 g/mol. The third kappa shape index (κ3) is 2.30. The van der Waals surface area contributed by atoms with Crippen LogP contribution < -0.4 is 5.73 Å². The molecule has 0 radical (unpaired) electrons. The zero-order valence-corrected chi connectivity index (χ0v) is 8.46. The van der Waals surface area contributed by atoms with Crippen molar-refractivity contribution in [3.63, 3.8) is 0 Å². The quantitative estimate of drug-likeness (QED) is 0.685. The highest BCUT2D eigenvalue weighted by atomic mass is 16.6. The third-order valence-electron chi connectivity index (χ3n) is 2.11. The summed E-state index contributed by atoms with van der Waals surface area (Å²) in [6.07, 6.45) is 1.19. The maximum Gasteiger partial charge on any atom is 0.347 e. The molecule has 0 spiro atoms. The average molecular weight is 225 g/mol. The van der Waals surface area contributed by atoms with Crippen LogP contribution in [0.25, 0.3) is 0 Å². The van der Waals surface area contributed by atoms with Crippen LogP contribution in [0.1, 0.15) is 6.42 Å². The highest BCUT2D eigenvalue weighted by Gasteiger charge is 2.30. The summed E-state index contributed by atoms with van der Waals surface area (Å²) in [7, 11) is 0. The zero-order chi connectivity index (χ0) is 11.5. The van der Waals surface area contributed by atoms with E-state index < -0.39 is 18.0 Å². The minimum atomic E-state index is -0.777. The van der Waals surface area contributed by atoms with Crippen LogP contribution in [-0.2, 0) is 25.6 Å². The fourth-order valence-electron chi connectivity index (χ4n) is 1.38. The minimum Gasteiger partial charge on any atom is -0.463 e. The summed E-state index contributed by atoms with van der Waals surface area (Å²) in [5.74, 6) is -0.701. The lowest BCUT2D eigenvalue weighted by atomic mass is 10.3.